The molecule has 0 bridgehead atoms. The predicted octanol–water partition coefficient (Wildman–Crippen LogP) is 0.737. The Hall–Kier alpha value is -2.25. The highest BCUT2D eigenvalue weighted by molar-refractivity contribution is 5.94. The summed E-state index contributed by atoms with van der Waals surface area (Å²) in [5.74, 6) is -1.14. The first-order valence-electron chi connectivity index (χ1n) is 6.84. The molecule has 0 spiro atoms. The first kappa shape index (κ1) is 17.8. The number of benzene rings is 1. The van der Waals surface area contributed by atoms with Gasteiger partial charge in [0.05, 0.1) is 32.8 Å². The lowest BCUT2D eigenvalue weighted by atomic mass is 10.1. The first-order chi connectivity index (χ1) is 10.6. The van der Waals surface area contributed by atoms with Crippen molar-refractivity contribution < 1.29 is 29.0 Å². The summed E-state index contributed by atoms with van der Waals surface area (Å²) in [7, 11) is 0. The van der Waals surface area contributed by atoms with Crippen LogP contribution < -0.4 is 5.32 Å². The van der Waals surface area contributed by atoms with E-state index in [0.29, 0.717) is 43.8 Å². The SMILES string of the molecule is O=Cc1ccc(C(=O)NCCOCCOCCC(=O)O)cc1. The molecular formula is C15H19NO6. The molecule has 0 saturated carbocycles. The molecule has 0 fully saturated rings. The largest absolute Gasteiger partial charge is 0.481 e. The van der Waals surface area contributed by atoms with Crippen molar-refractivity contribution in [2.45, 2.75) is 6.42 Å². The Labute approximate surface area is 128 Å². The van der Waals surface area contributed by atoms with Crippen LogP contribution in [0.4, 0.5) is 0 Å². The van der Waals surface area contributed by atoms with Crippen LogP contribution in [-0.4, -0.2) is 56.2 Å². The van der Waals surface area contributed by atoms with E-state index in [2.05, 4.69) is 5.32 Å². The smallest absolute Gasteiger partial charge is 0.305 e. The number of hydrogen-bond acceptors (Lipinski definition) is 5. The van der Waals surface area contributed by atoms with Crippen molar-refractivity contribution in [1.82, 2.24) is 5.32 Å². The van der Waals surface area contributed by atoms with Crippen LogP contribution in [0.1, 0.15) is 27.1 Å². The maximum atomic E-state index is 11.7. The lowest BCUT2D eigenvalue weighted by Gasteiger charge is -2.07. The maximum absolute atomic E-state index is 11.7. The summed E-state index contributed by atoms with van der Waals surface area (Å²) < 4.78 is 10.3. The second kappa shape index (κ2) is 10.5. The van der Waals surface area contributed by atoms with Crippen molar-refractivity contribution in [2.75, 3.05) is 33.0 Å². The summed E-state index contributed by atoms with van der Waals surface area (Å²) in [6.45, 7) is 1.49. The van der Waals surface area contributed by atoms with Gasteiger partial charge in [-0.3, -0.25) is 14.4 Å². The molecule has 22 heavy (non-hydrogen) atoms. The van der Waals surface area contributed by atoms with Crippen LogP contribution in [0.25, 0.3) is 0 Å². The van der Waals surface area contributed by atoms with Crippen LogP contribution in [0.15, 0.2) is 24.3 Å². The topological polar surface area (TPSA) is 102 Å². The number of amides is 1. The van der Waals surface area contributed by atoms with Crippen molar-refractivity contribution in [3.63, 3.8) is 0 Å². The molecule has 1 aromatic carbocycles. The molecule has 0 aliphatic carbocycles. The van der Waals surface area contributed by atoms with Gasteiger partial charge in [0.25, 0.3) is 5.91 Å². The first-order valence-corrected chi connectivity index (χ1v) is 6.84. The monoisotopic (exact) mass is 309 g/mol. The van der Waals surface area contributed by atoms with Crippen molar-refractivity contribution in [3.05, 3.63) is 35.4 Å². The van der Waals surface area contributed by atoms with Gasteiger partial charge in [-0.05, 0) is 12.1 Å². The van der Waals surface area contributed by atoms with Gasteiger partial charge in [0.15, 0.2) is 0 Å². The van der Waals surface area contributed by atoms with Crippen molar-refractivity contribution in [2.24, 2.45) is 0 Å². The quantitative estimate of drug-likeness (QED) is 0.462. The van der Waals surface area contributed by atoms with Gasteiger partial charge in [0, 0.05) is 17.7 Å². The minimum atomic E-state index is -0.898. The molecule has 7 heteroatoms. The van der Waals surface area contributed by atoms with Gasteiger partial charge in [-0.15, -0.1) is 0 Å². The molecule has 0 saturated heterocycles. The minimum absolute atomic E-state index is 0.0288. The van der Waals surface area contributed by atoms with Gasteiger partial charge >= 0.3 is 5.97 Å². The van der Waals surface area contributed by atoms with E-state index in [1.165, 1.54) is 0 Å². The van der Waals surface area contributed by atoms with Crippen LogP contribution in [0.5, 0.6) is 0 Å². The molecule has 0 aliphatic rings. The fourth-order valence-electron chi connectivity index (χ4n) is 1.53. The number of aldehydes is 1. The van der Waals surface area contributed by atoms with E-state index >= 15 is 0 Å². The van der Waals surface area contributed by atoms with Gasteiger partial charge in [-0.25, -0.2) is 0 Å². The molecular weight excluding hydrogens is 290 g/mol. The highest BCUT2D eigenvalue weighted by Crippen LogP contribution is 2.02. The zero-order valence-corrected chi connectivity index (χ0v) is 12.1. The molecule has 0 heterocycles. The zero-order chi connectivity index (χ0) is 16.2. The molecule has 0 aliphatic heterocycles. The Morgan fingerprint density at radius 1 is 1.05 bits per heavy atom. The molecule has 7 nitrogen and oxygen atoms in total. The maximum Gasteiger partial charge on any atom is 0.305 e. The third-order valence-electron chi connectivity index (χ3n) is 2.67. The van der Waals surface area contributed by atoms with E-state index in [4.69, 9.17) is 14.6 Å². The summed E-state index contributed by atoms with van der Waals surface area (Å²) in [5, 5.41) is 11.1. The second-order valence-electron chi connectivity index (χ2n) is 4.36. The van der Waals surface area contributed by atoms with Crippen LogP contribution >= 0.6 is 0 Å². The molecule has 0 atom stereocenters. The standard InChI is InChI=1S/C15H19NO6/c17-11-12-1-3-13(4-2-12)15(20)16-6-8-22-10-9-21-7-5-14(18)19/h1-4,11H,5-10H2,(H,16,20)(H,18,19). The van der Waals surface area contributed by atoms with Crippen LogP contribution in [0, 0.1) is 0 Å². The summed E-state index contributed by atoms with van der Waals surface area (Å²) in [4.78, 5) is 32.5. The summed E-state index contributed by atoms with van der Waals surface area (Å²) in [6, 6.07) is 6.31. The number of carbonyl (C=O) groups excluding carboxylic acids is 2. The van der Waals surface area contributed by atoms with Gasteiger partial charge in [0.1, 0.15) is 6.29 Å². The number of rotatable bonds is 11. The molecule has 1 amide bonds. The van der Waals surface area contributed by atoms with E-state index < -0.39 is 5.97 Å². The minimum Gasteiger partial charge on any atom is -0.481 e. The molecule has 0 aromatic heterocycles. The van der Waals surface area contributed by atoms with E-state index in [-0.39, 0.29) is 18.9 Å². The Morgan fingerprint density at radius 2 is 1.68 bits per heavy atom. The number of ether oxygens (including phenoxy) is 2. The Balaban J connectivity index is 2.05. The number of hydrogen-bond donors (Lipinski definition) is 2. The molecule has 1 aromatic rings. The average molecular weight is 309 g/mol. The number of aliphatic carboxylic acids is 1. The molecule has 0 unspecified atom stereocenters. The normalized spacial score (nSPS) is 10.2. The van der Waals surface area contributed by atoms with Gasteiger partial charge < -0.3 is 19.9 Å². The van der Waals surface area contributed by atoms with Crippen LogP contribution in [0.3, 0.4) is 0 Å². The van der Waals surface area contributed by atoms with Crippen LogP contribution in [0.2, 0.25) is 0 Å². The van der Waals surface area contributed by atoms with E-state index in [1.807, 2.05) is 0 Å². The van der Waals surface area contributed by atoms with Crippen molar-refractivity contribution in [3.8, 4) is 0 Å². The predicted molar refractivity (Wildman–Crippen MR) is 78.1 cm³/mol. The summed E-state index contributed by atoms with van der Waals surface area (Å²) in [5.41, 5.74) is 0.991. The molecule has 1 rings (SSSR count). The van der Waals surface area contributed by atoms with E-state index in [0.717, 1.165) is 0 Å². The Kier molecular flexibility index (Phi) is 8.47. The molecule has 2 N–H and O–H groups in total. The second-order valence-corrected chi connectivity index (χ2v) is 4.36. The fourth-order valence-corrected chi connectivity index (χ4v) is 1.53. The summed E-state index contributed by atoms with van der Waals surface area (Å²) in [6.07, 6.45) is 0.688. The third kappa shape index (κ3) is 7.51. The lowest BCUT2D eigenvalue weighted by Crippen LogP contribution is -2.27. The number of carbonyl (C=O) groups is 3. The molecule has 0 radical (unpaired) electrons. The van der Waals surface area contributed by atoms with E-state index in [1.54, 1.807) is 24.3 Å². The Bertz CT molecular complexity index is 485. The van der Waals surface area contributed by atoms with Gasteiger partial charge in [-0.2, -0.15) is 0 Å². The van der Waals surface area contributed by atoms with Gasteiger partial charge in [-0.1, -0.05) is 12.1 Å². The average Bonchev–Trinajstić information content (AvgIpc) is 2.53. The number of carboxylic acid groups (broad SMARTS) is 1. The van der Waals surface area contributed by atoms with Crippen LogP contribution in [-0.2, 0) is 14.3 Å². The van der Waals surface area contributed by atoms with Crippen molar-refractivity contribution >= 4 is 18.2 Å². The fraction of sp³-hybridized carbons (Fsp3) is 0.400. The highest BCUT2D eigenvalue weighted by Gasteiger charge is 2.04. The van der Waals surface area contributed by atoms with Crippen molar-refractivity contribution in [1.29, 1.82) is 0 Å². The third-order valence-corrected chi connectivity index (χ3v) is 2.67. The summed E-state index contributed by atoms with van der Waals surface area (Å²) >= 11 is 0. The lowest BCUT2D eigenvalue weighted by molar-refractivity contribution is -0.138. The number of nitrogens with one attached hydrogen (secondary N) is 1. The molecule has 120 valence electrons. The number of carboxylic acids is 1. The highest BCUT2D eigenvalue weighted by atomic mass is 16.5. The Morgan fingerprint density at radius 3 is 2.27 bits per heavy atom. The zero-order valence-electron chi connectivity index (χ0n) is 12.1. The van der Waals surface area contributed by atoms with Gasteiger partial charge in [0.2, 0.25) is 0 Å². The van der Waals surface area contributed by atoms with E-state index in [9.17, 15) is 14.4 Å².